The fourth-order valence-electron chi connectivity index (χ4n) is 2.84. The van der Waals surface area contributed by atoms with Crippen molar-refractivity contribution in [3.05, 3.63) is 53.1 Å². The maximum atomic E-state index is 12.6. The molecule has 0 aliphatic rings. The molecule has 2 aromatic rings. The molecule has 2 rings (SSSR count). The number of rotatable bonds is 8. The number of ether oxygens (including phenoxy) is 2. The molecular weight excluding hydrogens is 340 g/mol. The fourth-order valence-corrected chi connectivity index (χ4v) is 2.84. The number of methoxy groups -OCH3 is 2. The Kier molecular flexibility index (Phi) is 7.25. The molecule has 0 spiro atoms. The van der Waals surface area contributed by atoms with Crippen LogP contribution in [0.1, 0.15) is 23.6 Å². The minimum Gasteiger partial charge on any atom is -0.493 e. The summed E-state index contributed by atoms with van der Waals surface area (Å²) in [5.41, 5.74) is 4.21. The lowest BCUT2D eigenvalue weighted by atomic mass is 10.1. The van der Waals surface area contributed by atoms with Gasteiger partial charge in [0.05, 0.1) is 20.3 Å². The van der Waals surface area contributed by atoms with E-state index in [9.17, 15) is 4.79 Å². The minimum absolute atomic E-state index is 0.00138. The largest absolute Gasteiger partial charge is 0.493 e. The second-order valence-corrected chi connectivity index (χ2v) is 6.90. The molecule has 1 amide bonds. The van der Waals surface area contributed by atoms with Crippen molar-refractivity contribution in [3.8, 4) is 11.5 Å². The first-order valence-electron chi connectivity index (χ1n) is 9.15. The van der Waals surface area contributed by atoms with Crippen LogP contribution in [-0.4, -0.2) is 44.7 Å². The lowest BCUT2D eigenvalue weighted by molar-refractivity contribution is -0.120. The van der Waals surface area contributed by atoms with E-state index in [4.69, 9.17) is 9.47 Å². The molecule has 0 aliphatic heterocycles. The fraction of sp³-hybridized carbons (Fsp3) is 0.409. The number of amides is 1. The number of carbonyl (C=O) groups excluding carboxylic acids is 1. The van der Waals surface area contributed by atoms with Crippen molar-refractivity contribution in [2.75, 3.05) is 33.1 Å². The standard InChI is InChI=1S/C22H30N2O3/c1-15-7-8-16(2)19(13-15)23-22(25)17(3)24(4)12-11-18-9-10-20(26-5)21(14-18)27-6/h7-10,13-14,17H,11-12H2,1-6H3,(H,23,25)/t17-/m0/s1. The van der Waals surface area contributed by atoms with Gasteiger partial charge in [-0.3, -0.25) is 9.69 Å². The topological polar surface area (TPSA) is 50.8 Å². The highest BCUT2D eigenvalue weighted by molar-refractivity contribution is 5.95. The number of aryl methyl sites for hydroxylation is 2. The van der Waals surface area contributed by atoms with Gasteiger partial charge in [0.25, 0.3) is 0 Å². The molecule has 0 aromatic heterocycles. The number of likely N-dealkylation sites (N-methyl/N-ethyl adjacent to an activating group) is 1. The SMILES string of the molecule is COc1ccc(CCN(C)[C@@H](C)C(=O)Nc2cc(C)ccc2C)cc1OC. The summed E-state index contributed by atoms with van der Waals surface area (Å²) in [5, 5.41) is 3.05. The second kappa shape index (κ2) is 9.42. The van der Waals surface area contributed by atoms with Crippen LogP contribution in [0.4, 0.5) is 5.69 Å². The number of anilines is 1. The van der Waals surface area contributed by atoms with Crippen molar-refractivity contribution in [1.29, 1.82) is 0 Å². The van der Waals surface area contributed by atoms with Gasteiger partial charge in [-0.05, 0) is 69.1 Å². The van der Waals surface area contributed by atoms with Gasteiger partial charge in [0.1, 0.15) is 0 Å². The molecule has 1 atom stereocenters. The molecule has 0 heterocycles. The maximum Gasteiger partial charge on any atom is 0.241 e. The molecule has 146 valence electrons. The number of nitrogens with zero attached hydrogens (tertiary/aromatic N) is 1. The number of hydrogen-bond donors (Lipinski definition) is 1. The predicted molar refractivity (Wildman–Crippen MR) is 110 cm³/mol. The average molecular weight is 370 g/mol. The maximum absolute atomic E-state index is 12.6. The van der Waals surface area contributed by atoms with Crippen LogP contribution in [0.15, 0.2) is 36.4 Å². The van der Waals surface area contributed by atoms with E-state index in [0.29, 0.717) is 0 Å². The van der Waals surface area contributed by atoms with Crippen LogP contribution in [0.2, 0.25) is 0 Å². The summed E-state index contributed by atoms with van der Waals surface area (Å²) in [4.78, 5) is 14.7. The average Bonchev–Trinajstić information content (AvgIpc) is 2.67. The third-order valence-electron chi connectivity index (χ3n) is 4.89. The molecule has 0 bridgehead atoms. The second-order valence-electron chi connectivity index (χ2n) is 6.90. The summed E-state index contributed by atoms with van der Waals surface area (Å²) >= 11 is 0. The smallest absolute Gasteiger partial charge is 0.241 e. The molecule has 0 fully saturated rings. The van der Waals surface area contributed by atoms with Crippen LogP contribution in [0.25, 0.3) is 0 Å². The zero-order chi connectivity index (χ0) is 20.0. The molecule has 0 radical (unpaired) electrons. The number of carbonyl (C=O) groups is 1. The Morgan fingerprint density at radius 1 is 1.07 bits per heavy atom. The summed E-state index contributed by atoms with van der Waals surface area (Å²) in [6, 6.07) is 11.8. The van der Waals surface area contributed by atoms with Gasteiger partial charge in [0.2, 0.25) is 5.91 Å². The van der Waals surface area contributed by atoms with Crippen molar-refractivity contribution >= 4 is 11.6 Å². The third-order valence-corrected chi connectivity index (χ3v) is 4.89. The van der Waals surface area contributed by atoms with E-state index in [0.717, 1.165) is 46.8 Å². The summed E-state index contributed by atoms with van der Waals surface area (Å²) < 4.78 is 10.6. The van der Waals surface area contributed by atoms with Crippen LogP contribution in [0.3, 0.4) is 0 Å². The first-order valence-corrected chi connectivity index (χ1v) is 9.15. The highest BCUT2D eigenvalue weighted by Crippen LogP contribution is 2.27. The minimum atomic E-state index is -0.231. The molecule has 0 saturated heterocycles. The van der Waals surface area contributed by atoms with Crippen LogP contribution in [0, 0.1) is 13.8 Å². The lowest BCUT2D eigenvalue weighted by Gasteiger charge is -2.24. The van der Waals surface area contributed by atoms with Crippen molar-refractivity contribution in [1.82, 2.24) is 4.90 Å². The molecule has 0 saturated carbocycles. The van der Waals surface area contributed by atoms with Gasteiger partial charge in [-0.15, -0.1) is 0 Å². The molecule has 27 heavy (non-hydrogen) atoms. The van der Waals surface area contributed by atoms with Gasteiger partial charge < -0.3 is 14.8 Å². The number of hydrogen-bond acceptors (Lipinski definition) is 4. The predicted octanol–water partition coefficient (Wildman–Crippen LogP) is 3.82. The summed E-state index contributed by atoms with van der Waals surface area (Å²) in [5.74, 6) is 1.44. The van der Waals surface area contributed by atoms with E-state index < -0.39 is 0 Å². The van der Waals surface area contributed by atoms with Crippen LogP contribution in [-0.2, 0) is 11.2 Å². The third kappa shape index (κ3) is 5.47. The molecular formula is C22H30N2O3. The van der Waals surface area contributed by atoms with Crippen LogP contribution < -0.4 is 14.8 Å². The number of nitrogens with one attached hydrogen (secondary N) is 1. The molecule has 2 aromatic carbocycles. The first kappa shape index (κ1) is 20.8. The Labute approximate surface area is 162 Å². The van der Waals surface area contributed by atoms with E-state index in [2.05, 4.69) is 10.2 Å². The molecule has 5 heteroatoms. The van der Waals surface area contributed by atoms with Crippen LogP contribution >= 0.6 is 0 Å². The first-order chi connectivity index (χ1) is 12.8. The Balaban J connectivity index is 1.95. The van der Waals surface area contributed by atoms with Gasteiger partial charge in [-0.1, -0.05) is 18.2 Å². The van der Waals surface area contributed by atoms with E-state index in [1.54, 1.807) is 14.2 Å². The molecule has 1 N–H and O–H groups in total. The van der Waals surface area contributed by atoms with Crippen molar-refractivity contribution in [3.63, 3.8) is 0 Å². The van der Waals surface area contributed by atoms with Gasteiger partial charge in [-0.25, -0.2) is 0 Å². The summed E-state index contributed by atoms with van der Waals surface area (Å²) in [6.45, 7) is 6.71. The normalized spacial score (nSPS) is 12.0. The Morgan fingerprint density at radius 3 is 2.44 bits per heavy atom. The zero-order valence-electron chi connectivity index (χ0n) is 17.1. The van der Waals surface area contributed by atoms with E-state index in [1.807, 2.05) is 64.2 Å². The molecule has 5 nitrogen and oxygen atoms in total. The highest BCUT2D eigenvalue weighted by atomic mass is 16.5. The Bertz CT molecular complexity index is 789. The molecule has 0 unspecified atom stereocenters. The Hall–Kier alpha value is -2.53. The van der Waals surface area contributed by atoms with E-state index in [-0.39, 0.29) is 11.9 Å². The van der Waals surface area contributed by atoms with E-state index >= 15 is 0 Å². The highest BCUT2D eigenvalue weighted by Gasteiger charge is 2.18. The van der Waals surface area contributed by atoms with Gasteiger partial charge in [-0.2, -0.15) is 0 Å². The lowest BCUT2D eigenvalue weighted by Crippen LogP contribution is -2.40. The number of benzene rings is 2. The van der Waals surface area contributed by atoms with Gasteiger partial charge in [0, 0.05) is 12.2 Å². The summed E-state index contributed by atoms with van der Waals surface area (Å²) in [7, 11) is 5.23. The Morgan fingerprint density at radius 2 is 1.78 bits per heavy atom. The summed E-state index contributed by atoms with van der Waals surface area (Å²) in [6.07, 6.45) is 0.817. The van der Waals surface area contributed by atoms with Crippen molar-refractivity contribution < 1.29 is 14.3 Å². The molecule has 0 aliphatic carbocycles. The van der Waals surface area contributed by atoms with Gasteiger partial charge in [0.15, 0.2) is 11.5 Å². The van der Waals surface area contributed by atoms with Crippen molar-refractivity contribution in [2.45, 2.75) is 33.2 Å². The zero-order valence-corrected chi connectivity index (χ0v) is 17.1. The monoisotopic (exact) mass is 370 g/mol. The quantitative estimate of drug-likeness (QED) is 0.767. The van der Waals surface area contributed by atoms with Crippen molar-refractivity contribution in [2.24, 2.45) is 0 Å². The van der Waals surface area contributed by atoms with Gasteiger partial charge >= 0.3 is 0 Å². The van der Waals surface area contributed by atoms with Crippen LogP contribution in [0.5, 0.6) is 11.5 Å². The van der Waals surface area contributed by atoms with E-state index in [1.165, 1.54) is 0 Å².